The van der Waals surface area contributed by atoms with Crippen LogP contribution in [0.2, 0.25) is 0 Å². The van der Waals surface area contributed by atoms with Crippen molar-refractivity contribution < 1.29 is 9.66 Å². The van der Waals surface area contributed by atoms with Gasteiger partial charge in [-0.3, -0.25) is 10.1 Å². The third-order valence-corrected chi connectivity index (χ3v) is 2.67. The van der Waals surface area contributed by atoms with E-state index in [1.165, 1.54) is 6.07 Å². The fourth-order valence-electron chi connectivity index (χ4n) is 1.31. The smallest absolute Gasteiger partial charge is 0.322 e. The maximum atomic E-state index is 10.9. The summed E-state index contributed by atoms with van der Waals surface area (Å²) >= 11 is 2.06. The Morgan fingerprint density at radius 1 is 1.33 bits per heavy atom. The average molecular weight is 357 g/mol. The van der Waals surface area contributed by atoms with E-state index < -0.39 is 4.92 Å². The molecule has 0 aliphatic heterocycles. The van der Waals surface area contributed by atoms with Gasteiger partial charge in [0.05, 0.1) is 4.92 Å². The Balaban J connectivity index is 2.35. The molecule has 18 heavy (non-hydrogen) atoms. The van der Waals surface area contributed by atoms with Crippen molar-refractivity contribution in [2.75, 3.05) is 0 Å². The number of hydrogen-bond donors (Lipinski definition) is 0. The van der Waals surface area contributed by atoms with Crippen molar-refractivity contribution in [3.05, 3.63) is 49.8 Å². The lowest BCUT2D eigenvalue weighted by Gasteiger charge is -2.05. The molecule has 0 fully saturated rings. The van der Waals surface area contributed by atoms with Gasteiger partial charge in [-0.2, -0.15) is 0 Å². The molecule has 0 spiro atoms. The van der Waals surface area contributed by atoms with Crippen LogP contribution in [0.4, 0.5) is 5.69 Å². The lowest BCUT2D eigenvalue weighted by atomic mass is 10.2. The lowest BCUT2D eigenvalue weighted by molar-refractivity contribution is -0.385. The molecule has 1 aromatic heterocycles. The van der Waals surface area contributed by atoms with Gasteiger partial charge in [-0.05, 0) is 41.1 Å². The van der Waals surface area contributed by atoms with E-state index in [1.54, 1.807) is 24.5 Å². The van der Waals surface area contributed by atoms with Crippen LogP contribution in [0, 0.1) is 20.6 Å². The monoisotopic (exact) mass is 357 g/mol. The molecule has 0 radical (unpaired) electrons. The highest BCUT2D eigenvalue weighted by Crippen LogP contribution is 2.30. The van der Waals surface area contributed by atoms with Crippen molar-refractivity contribution in [1.82, 2.24) is 9.97 Å². The minimum absolute atomic E-state index is 0.0871. The van der Waals surface area contributed by atoms with Crippen LogP contribution < -0.4 is 4.74 Å². The Morgan fingerprint density at radius 3 is 2.61 bits per heavy atom. The van der Waals surface area contributed by atoms with Crippen LogP contribution in [0.3, 0.4) is 0 Å². The fourth-order valence-corrected chi connectivity index (χ4v) is 1.58. The predicted octanol–water partition coefficient (Wildman–Crippen LogP) is 3.09. The molecule has 0 bridgehead atoms. The van der Waals surface area contributed by atoms with Crippen molar-refractivity contribution in [3.8, 4) is 11.8 Å². The van der Waals surface area contributed by atoms with Crippen LogP contribution in [0.1, 0.15) is 5.56 Å². The second-order valence-corrected chi connectivity index (χ2v) is 4.76. The maximum Gasteiger partial charge on any atom is 0.322 e. The number of aryl methyl sites for hydroxylation is 1. The summed E-state index contributed by atoms with van der Waals surface area (Å²) in [6.45, 7) is 1.82. The van der Waals surface area contributed by atoms with Crippen LogP contribution in [-0.2, 0) is 0 Å². The minimum atomic E-state index is -0.499. The molecule has 6 nitrogen and oxygen atoms in total. The molecule has 1 aromatic carbocycles. The summed E-state index contributed by atoms with van der Waals surface area (Å²) in [4.78, 5) is 18.2. The molecule has 0 amide bonds. The van der Waals surface area contributed by atoms with Gasteiger partial charge < -0.3 is 4.74 Å². The highest BCUT2D eigenvalue weighted by molar-refractivity contribution is 14.1. The van der Waals surface area contributed by atoms with Gasteiger partial charge in [0.15, 0.2) is 0 Å². The summed E-state index contributed by atoms with van der Waals surface area (Å²) in [5.74, 6) is 0.140. The van der Waals surface area contributed by atoms with Gasteiger partial charge in [-0.1, -0.05) is 6.07 Å². The number of aromatic nitrogens is 2. The lowest BCUT2D eigenvalue weighted by Crippen LogP contribution is -1.96. The summed E-state index contributed by atoms with van der Waals surface area (Å²) in [6.07, 6.45) is 3.15. The third kappa shape index (κ3) is 2.92. The van der Waals surface area contributed by atoms with Crippen molar-refractivity contribution in [3.63, 3.8) is 0 Å². The Kier molecular flexibility index (Phi) is 3.70. The van der Waals surface area contributed by atoms with E-state index in [-0.39, 0.29) is 17.4 Å². The third-order valence-electron chi connectivity index (χ3n) is 2.11. The number of ether oxygens (including phenoxy) is 1. The van der Waals surface area contributed by atoms with E-state index >= 15 is 0 Å². The molecule has 0 N–H and O–H groups in total. The van der Waals surface area contributed by atoms with Crippen molar-refractivity contribution in [2.24, 2.45) is 0 Å². The largest absolute Gasteiger partial charge is 0.417 e. The summed E-state index contributed by atoms with van der Waals surface area (Å²) < 4.78 is 6.20. The first kappa shape index (κ1) is 12.7. The number of nitrogens with zero attached hydrogens (tertiary/aromatic N) is 3. The first-order chi connectivity index (χ1) is 8.56. The molecule has 0 aliphatic rings. The van der Waals surface area contributed by atoms with E-state index in [2.05, 4.69) is 32.6 Å². The molecule has 2 rings (SSSR count). The first-order valence-corrected chi connectivity index (χ1v) is 6.04. The van der Waals surface area contributed by atoms with E-state index in [0.717, 1.165) is 9.13 Å². The Hall–Kier alpha value is -1.77. The van der Waals surface area contributed by atoms with E-state index in [0.29, 0.717) is 0 Å². The van der Waals surface area contributed by atoms with Gasteiger partial charge >= 0.3 is 11.7 Å². The SMILES string of the molecule is Cc1ccc([N+](=O)[O-])c(Oc2ncc(I)cn2)c1. The second-order valence-electron chi connectivity index (χ2n) is 3.51. The molecule has 0 saturated heterocycles. The number of nitro benzene ring substituents is 1. The summed E-state index contributed by atoms with van der Waals surface area (Å²) in [5.41, 5.74) is 0.754. The molecule has 2 aromatic rings. The van der Waals surface area contributed by atoms with Gasteiger partial charge in [0.2, 0.25) is 5.75 Å². The molecular weight excluding hydrogens is 349 g/mol. The second kappa shape index (κ2) is 5.25. The van der Waals surface area contributed by atoms with Gasteiger partial charge in [-0.25, -0.2) is 9.97 Å². The van der Waals surface area contributed by atoms with E-state index in [4.69, 9.17) is 4.74 Å². The zero-order chi connectivity index (χ0) is 13.1. The number of rotatable bonds is 3. The molecule has 92 valence electrons. The standard InChI is InChI=1S/C11H8IN3O3/c1-7-2-3-9(15(16)17)10(4-7)18-11-13-5-8(12)6-14-11/h2-6H,1H3. The fraction of sp³-hybridized carbons (Fsp3) is 0.0909. The predicted molar refractivity (Wildman–Crippen MR) is 72.7 cm³/mol. The van der Waals surface area contributed by atoms with Crippen molar-refractivity contribution in [2.45, 2.75) is 6.92 Å². The van der Waals surface area contributed by atoms with Crippen molar-refractivity contribution >= 4 is 28.3 Å². The molecule has 0 saturated carbocycles. The number of benzene rings is 1. The highest BCUT2D eigenvalue weighted by Gasteiger charge is 2.16. The molecule has 7 heteroatoms. The molecule has 0 unspecified atom stereocenters. The number of hydrogen-bond acceptors (Lipinski definition) is 5. The van der Waals surface area contributed by atoms with Crippen LogP contribution in [0.25, 0.3) is 0 Å². The Morgan fingerprint density at radius 2 is 2.00 bits per heavy atom. The summed E-state index contributed by atoms with van der Waals surface area (Å²) in [5, 5.41) is 10.9. The van der Waals surface area contributed by atoms with Crippen LogP contribution in [0.15, 0.2) is 30.6 Å². The zero-order valence-corrected chi connectivity index (χ0v) is 11.5. The number of nitro groups is 1. The van der Waals surface area contributed by atoms with Gasteiger partial charge in [0, 0.05) is 22.0 Å². The summed E-state index contributed by atoms with van der Waals surface area (Å²) in [6, 6.07) is 4.72. The quantitative estimate of drug-likeness (QED) is 0.479. The normalized spacial score (nSPS) is 10.1. The van der Waals surface area contributed by atoms with Gasteiger partial charge in [0.1, 0.15) is 0 Å². The van der Waals surface area contributed by atoms with Crippen LogP contribution in [0.5, 0.6) is 11.8 Å². The number of halogens is 1. The van der Waals surface area contributed by atoms with Crippen molar-refractivity contribution in [1.29, 1.82) is 0 Å². The Bertz CT molecular complexity index is 587. The molecular formula is C11H8IN3O3. The highest BCUT2D eigenvalue weighted by atomic mass is 127. The topological polar surface area (TPSA) is 78.2 Å². The average Bonchev–Trinajstić information content (AvgIpc) is 2.32. The maximum absolute atomic E-state index is 10.9. The first-order valence-electron chi connectivity index (χ1n) is 4.96. The molecule has 1 heterocycles. The van der Waals surface area contributed by atoms with E-state index in [1.807, 2.05) is 6.92 Å². The van der Waals surface area contributed by atoms with Crippen LogP contribution >= 0.6 is 22.6 Å². The van der Waals surface area contributed by atoms with Gasteiger partial charge in [-0.15, -0.1) is 0 Å². The minimum Gasteiger partial charge on any atom is -0.417 e. The Labute approximate surface area is 116 Å². The van der Waals surface area contributed by atoms with Gasteiger partial charge in [0.25, 0.3) is 0 Å². The summed E-state index contributed by atoms with van der Waals surface area (Å²) in [7, 11) is 0. The zero-order valence-electron chi connectivity index (χ0n) is 9.33. The molecule has 0 atom stereocenters. The van der Waals surface area contributed by atoms with E-state index in [9.17, 15) is 10.1 Å². The molecule has 0 aliphatic carbocycles. The van der Waals surface area contributed by atoms with Crippen LogP contribution in [-0.4, -0.2) is 14.9 Å².